The van der Waals surface area contributed by atoms with Gasteiger partial charge in [0.05, 0.1) is 12.4 Å². The van der Waals surface area contributed by atoms with Gasteiger partial charge in [0.1, 0.15) is 5.75 Å². The Labute approximate surface area is 174 Å². The van der Waals surface area contributed by atoms with Crippen molar-refractivity contribution in [1.82, 2.24) is 10.2 Å². The van der Waals surface area contributed by atoms with Gasteiger partial charge in [0.25, 0.3) is 0 Å². The molecule has 0 spiro atoms. The summed E-state index contributed by atoms with van der Waals surface area (Å²) in [5, 5.41) is 10.8. The molecule has 0 bridgehead atoms. The first-order chi connectivity index (χ1) is 14.2. The maximum absolute atomic E-state index is 5.95. The number of anilines is 1. The largest absolute Gasteiger partial charge is 0.493 e. The maximum atomic E-state index is 5.95. The summed E-state index contributed by atoms with van der Waals surface area (Å²) in [6.45, 7) is 0.645. The second-order valence-corrected chi connectivity index (χ2v) is 7.89. The van der Waals surface area contributed by atoms with Crippen molar-refractivity contribution in [3.8, 4) is 17.2 Å². The molecule has 0 aliphatic heterocycles. The van der Waals surface area contributed by atoms with E-state index in [1.807, 2.05) is 56.6 Å². The molecule has 0 aliphatic rings. The number of hydrogen-bond acceptors (Lipinski definition) is 6. The first-order valence-electron chi connectivity index (χ1n) is 9.50. The van der Waals surface area contributed by atoms with Crippen LogP contribution >= 0.6 is 11.8 Å². The molecular formula is C23H23N3O2S. The van der Waals surface area contributed by atoms with Crippen LogP contribution < -0.4 is 9.64 Å². The van der Waals surface area contributed by atoms with Crippen molar-refractivity contribution < 1.29 is 9.15 Å². The van der Waals surface area contributed by atoms with Crippen molar-refractivity contribution in [3.63, 3.8) is 0 Å². The predicted molar refractivity (Wildman–Crippen MR) is 120 cm³/mol. The lowest BCUT2D eigenvalue weighted by Gasteiger charge is -2.16. The highest BCUT2D eigenvalue weighted by atomic mass is 32.2. The summed E-state index contributed by atoms with van der Waals surface area (Å²) in [7, 11) is 4.09. The number of nitrogens with zero attached hydrogens (tertiary/aromatic N) is 3. The fourth-order valence-electron chi connectivity index (χ4n) is 3.18. The minimum atomic E-state index is 0.558. The van der Waals surface area contributed by atoms with Gasteiger partial charge in [-0.3, -0.25) is 0 Å². The van der Waals surface area contributed by atoms with Crippen LogP contribution in [0.25, 0.3) is 22.2 Å². The topological polar surface area (TPSA) is 51.4 Å². The third-order valence-corrected chi connectivity index (χ3v) is 5.45. The highest BCUT2D eigenvalue weighted by Crippen LogP contribution is 2.34. The van der Waals surface area contributed by atoms with Crippen LogP contribution in [0.4, 0.5) is 5.69 Å². The zero-order valence-electron chi connectivity index (χ0n) is 16.5. The van der Waals surface area contributed by atoms with E-state index in [0.29, 0.717) is 24.1 Å². The van der Waals surface area contributed by atoms with E-state index in [4.69, 9.17) is 9.15 Å². The molecule has 0 aliphatic carbocycles. The Balaban J connectivity index is 1.41. The fraction of sp³-hybridized carbons (Fsp3) is 0.217. The van der Waals surface area contributed by atoms with Crippen LogP contribution in [-0.4, -0.2) is 36.7 Å². The predicted octanol–water partition coefficient (Wildman–Crippen LogP) is 5.27. The number of rotatable bonds is 8. The number of aromatic nitrogens is 2. The van der Waals surface area contributed by atoms with Crippen molar-refractivity contribution >= 4 is 28.2 Å². The minimum absolute atomic E-state index is 0.558. The number of fused-ring (bicyclic) bond motifs is 1. The monoisotopic (exact) mass is 405 g/mol. The Bertz CT molecular complexity index is 1080. The Kier molecular flexibility index (Phi) is 6.00. The van der Waals surface area contributed by atoms with Gasteiger partial charge < -0.3 is 14.1 Å². The van der Waals surface area contributed by atoms with Crippen molar-refractivity contribution in [3.05, 3.63) is 72.6 Å². The summed E-state index contributed by atoms with van der Waals surface area (Å²) in [5.41, 5.74) is 2.13. The molecule has 0 unspecified atom stereocenters. The van der Waals surface area contributed by atoms with Crippen molar-refractivity contribution in [1.29, 1.82) is 0 Å². The SMILES string of the molecule is CN(C)c1ccc(-c2nnc(CSCCOc3ccccc3)o2)c2ccccc12. The summed E-state index contributed by atoms with van der Waals surface area (Å²) in [5.74, 6) is 3.60. The smallest absolute Gasteiger partial charge is 0.248 e. The van der Waals surface area contributed by atoms with Crippen molar-refractivity contribution in [2.75, 3.05) is 31.4 Å². The van der Waals surface area contributed by atoms with Crippen LogP contribution in [-0.2, 0) is 5.75 Å². The van der Waals surface area contributed by atoms with Gasteiger partial charge in [0, 0.05) is 36.5 Å². The first kappa shape index (κ1) is 19.3. The molecule has 0 N–H and O–H groups in total. The lowest BCUT2D eigenvalue weighted by molar-refractivity contribution is 0.344. The molecule has 0 radical (unpaired) electrons. The van der Waals surface area contributed by atoms with Gasteiger partial charge >= 0.3 is 0 Å². The van der Waals surface area contributed by atoms with Gasteiger partial charge in [-0.1, -0.05) is 42.5 Å². The molecule has 148 valence electrons. The molecule has 5 nitrogen and oxygen atoms in total. The lowest BCUT2D eigenvalue weighted by atomic mass is 10.0. The molecule has 1 aromatic heterocycles. The Morgan fingerprint density at radius 2 is 1.66 bits per heavy atom. The summed E-state index contributed by atoms with van der Waals surface area (Å²) in [6, 6.07) is 22.3. The molecule has 0 fully saturated rings. The molecule has 0 saturated heterocycles. The number of para-hydroxylation sites is 1. The van der Waals surface area contributed by atoms with E-state index in [2.05, 4.69) is 39.4 Å². The quantitative estimate of drug-likeness (QED) is 0.372. The van der Waals surface area contributed by atoms with E-state index >= 15 is 0 Å². The molecule has 4 aromatic rings. The van der Waals surface area contributed by atoms with E-state index < -0.39 is 0 Å². The zero-order chi connectivity index (χ0) is 20.1. The Hall–Kier alpha value is -2.99. The van der Waals surface area contributed by atoms with Crippen molar-refractivity contribution in [2.45, 2.75) is 5.75 Å². The van der Waals surface area contributed by atoms with Crippen LogP contribution in [0.3, 0.4) is 0 Å². The molecule has 0 saturated carbocycles. The van der Waals surface area contributed by atoms with Crippen LogP contribution in [0.1, 0.15) is 5.89 Å². The molecule has 0 atom stereocenters. The average molecular weight is 406 g/mol. The van der Waals surface area contributed by atoms with Crippen molar-refractivity contribution in [2.24, 2.45) is 0 Å². The molecule has 3 aromatic carbocycles. The molecule has 6 heteroatoms. The molecule has 29 heavy (non-hydrogen) atoms. The second kappa shape index (κ2) is 9.01. The molecule has 1 heterocycles. The number of thioether (sulfide) groups is 1. The fourth-order valence-corrected chi connectivity index (χ4v) is 3.81. The van der Waals surface area contributed by atoms with E-state index in [-0.39, 0.29) is 0 Å². The Morgan fingerprint density at radius 3 is 2.45 bits per heavy atom. The van der Waals surface area contributed by atoms with Crippen LogP contribution in [0.15, 0.2) is 71.1 Å². The first-order valence-corrected chi connectivity index (χ1v) is 10.7. The zero-order valence-corrected chi connectivity index (χ0v) is 17.4. The summed E-state index contributed by atoms with van der Waals surface area (Å²) >= 11 is 1.72. The summed E-state index contributed by atoms with van der Waals surface area (Å²) < 4.78 is 11.7. The number of hydrogen-bond donors (Lipinski definition) is 0. The standard InChI is InChI=1S/C23H23N3O2S/c1-26(2)21-13-12-20(18-10-6-7-11-19(18)21)23-25-24-22(28-23)16-29-15-14-27-17-8-4-3-5-9-17/h3-13H,14-16H2,1-2H3. The van der Waals surface area contributed by atoms with Crippen LogP contribution in [0.2, 0.25) is 0 Å². The third-order valence-electron chi connectivity index (χ3n) is 4.55. The van der Waals surface area contributed by atoms with Crippen LogP contribution in [0, 0.1) is 0 Å². The summed E-state index contributed by atoms with van der Waals surface area (Å²) in [6.07, 6.45) is 0. The third kappa shape index (κ3) is 4.54. The van der Waals surface area contributed by atoms with E-state index in [1.54, 1.807) is 11.8 Å². The van der Waals surface area contributed by atoms with Crippen LogP contribution in [0.5, 0.6) is 5.75 Å². The van der Waals surface area contributed by atoms with E-state index in [9.17, 15) is 0 Å². The van der Waals surface area contributed by atoms with Gasteiger partial charge in [-0.05, 0) is 29.7 Å². The number of ether oxygens (including phenoxy) is 1. The normalized spacial score (nSPS) is 11.0. The van der Waals surface area contributed by atoms with Gasteiger partial charge in [-0.25, -0.2) is 0 Å². The molecule has 0 amide bonds. The number of benzene rings is 3. The van der Waals surface area contributed by atoms with E-state index in [1.165, 1.54) is 5.39 Å². The Morgan fingerprint density at radius 1 is 0.897 bits per heavy atom. The molecule has 4 rings (SSSR count). The van der Waals surface area contributed by atoms with Gasteiger partial charge in [-0.2, -0.15) is 0 Å². The second-order valence-electron chi connectivity index (χ2n) is 6.79. The maximum Gasteiger partial charge on any atom is 0.248 e. The van der Waals surface area contributed by atoms with Gasteiger partial charge in [0.15, 0.2) is 0 Å². The van der Waals surface area contributed by atoms with Gasteiger partial charge in [-0.15, -0.1) is 22.0 Å². The molecular weight excluding hydrogens is 382 g/mol. The minimum Gasteiger partial charge on any atom is -0.493 e. The van der Waals surface area contributed by atoms with Gasteiger partial charge in [0.2, 0.25) is 11.8 Å². The highest BCUT2D eigenvalue weighted by molar-refractivity contribution is 7.98. The average Bonchev–Trinajstić information content (AvgIpc) is 3.22. The van der Waals surface area contributed by atoms with E-state index in [0.717, 1.165) is 28.1 Å². The highest BCUT2D eigenvalue weighted by Gasteiger charge is 2.14. The summed E-state index contributed by atoms with van der Waals surface area (Å²) in [4.78, 5) is 2.11. The lowest BCUT2D eigenvalue weighted by Crippen LogP contribution is -2.09.